The third-order valence-electron chi connectivity index (χ3n) is 1.97. The molecule has 0 fully saturated rings. The molecule has 0 aliphatic rings. The molecule has 1 aromatic carbocycles. The molecule has 0 bridgehead atoms. The second-order valence-electron chi connectivity index (χ2n) is 3.15. The Morgan fingerprint density at radius 1 is 1.50 bits per heavy atom. The van der Waals surface area contributed by atoms with E-state index in [1.807, 2.05) is 0 Å². The van der Waals surface area contributed by atoms with Crippen molar-refractivity contribution in [2.45, 2.75) is 0 Å². The van der Waals surface area contributed by atoms with Crippen molar-refractivity contribution < 1.29 is 18.7 Å². The zero-order valence-corrected chi connectivity index (χ0v) is 8.50. The average Bonchev–Trinajstić information content (AvgIpc) is 2.16. The zero-order valence-electron chi connectivity index (χ0n) is 8.50. The molecular formula is C11H9F2NO2. The largest absolute Gasteiger partial charge is 0.478 e. The van der Waals surface area contributed by atoms with Crippen LogP contribution in [0.3, 0.4) is 0 Å². The SMILES string of the molecule is C#CCN(C)c1c(F)cc(C(=O)O)cc1F. The highest BCUT2D eigenvalue weighted by atomic mass is 19.1. The van der Waals surface area contributed by atoms with Crippen molar-refractivity contribution in [2.75, 3.05) is 18.5 Å². The Kier molecular flexibility index (Phi) is 3.46. The Hall–Kier alpha value is -2.09. The maximum atomic E-state index is 13.4. The number of carboxylic acid groups (broad SMARTS) is 1. The monoisotopic (exact) mass is 225 g/mol. The summed E-state index contributed by atoms with van der Waals surface area (Å²) in [5, 5.41) is 8.59. The van der Waals surface area contributed by atoms with Gasteiger partial charge < -0.3 is 10.0 Å². The molecule has 0 saturated carbocycles. The number of halogens is 2. The first-order valence-corrected chi connectivity index (χ1v) is 4.34. The normalized spacial score (nSPS) is 9.62. The molecule has 5 heteroatoms. The average molecular weight is 225 g/mol. The van der Waals surface area contributed by atoms with Gasteiger partial charge >= 0.3 is 5.97 Å². The van der Waals surface area contributed by atoms with Gasteiger partial charge in [0.15, 0.2) is 0 Å². The van der Waals surface area contributed by atoms with Crippen LogP contribution in [0.2, 0.25) is 0 Å². The standard InChI is InChI=1S/C11H9F2NO2/c1-3-4-14(2)10-8(12)5-7(11(15)16)6-9(10)13/h1,5-6H,4H2,2H3,(H,15,16). The third-order valence-corrected chi connectivity index (χ3v) is 1.97. The molecule has 0 radical (unpaired) electrons. The summed E-state index contributed by atoms with van der Waals surface area (Å²) in [5.41, 5.74) is -0.768. The van der Waals surface area contributed by atoms with Gasteiger partial charge in [-0.1, -0.05) is 5.92 Å². The van der Waals surface area contributed by atoms with Crippen molar-refractivity contribution in [3.8, 4) is 12.3 Å². The molecular weight excluding hydrogens is 216 g/mol. The summed E-state index contributed by atoms with van der Waals surface area (Å²) in [6.07, 6.45) is 5.01. The minimum atomic E-state index is -1.39. The van der Waals surface area contributed by atoms with E-state index in [1.54, 1.807) is 0 Å². The molecule has 1 rings (SSSR count). The van der Waals surface area contributed by atoms with E-state index in [0.717, 1.165) is 12.1 Å². The number of rotatable bonds is 3. The van der Waals surface area contributed by atoms with Crippen LogP contribution in [0.15, 0.2) is 12.1 Å². The number of carboxylic acids is 1. The first-order chi connectivity index (χ1) is 7.47. The lowest BCUT2D eigenvalue weighted by Gasteiger charge is -2.17. The predicted molar refractivity (Wildman–Crippen MR) is 55.4 cm³/mol. The fourth-order valence-electron chi connectivity index (χ4n) is 1.27. The van der Waals surface area contributed by atoms with Crippen LogP contribution in [0.5, 0.6) is 0 Å². The summed E-state index contributed by atoms with van der Waals surface area (Å²) in [4.78, 5) is 11.7. The second kappa shape index (κ2) is 4.62. The van der Waals surface area contributed by atoms with Gasteiger partial charge in [0.25, 0.3) is 0 Å². The fourth-order valence-corrected chi connectivity index (χ4v) is 1.27. The van der Waals surface area contributed by atoms with Crippen LogP contribution in [-0.2, 0) is 0 Å². The number of nitrogens with zero attached hydrogens (tertiary/aromatic N) is 1. The minimum absolute atomic E-state index is 0.0280. The lowest BCUT2D eigenvalue weighted by molar-refractivity contribution is 0.0696. The number of hydrogen-bond donors (Lipinski definition) is 1. The van der Waals surface area contributed by atoms with Gasteiger partial charge in [0, 0.05) is 7.05 Å². The van der Waals surface area contributed by atoms with E-state index in [9.17, 15) is 13.6 Å². The van der Waals surface area contributed by atoms with Crippen molar-refractivity contribution in [2.24, 2.45) is 0 Å². The molecule has 0 aliphatic carbocycles. The van der Waals surface area contributed by atoms with Crippen LogP contribution in [0.25, 0.3) is 0 Å². The van der Waals surface area contributed by atoms with E-state index in [-0.39, 0.29) is 12.2 Å². The number of benzene rings is 1. The first-order valence-electron chi connectivity index (χ1n) is 4.34. The molecule has 0 unspecified atom stereocenters. The molecule has 0 spiro atoms. The Labute approximate surface area is 91.3 Å². The maximum absolute atomic E-state index is 13.4. The topological polar surface area (TPSA) is 40.5 Å². The molecule has 0 saturated heterocycles. The Morgan fingerprint density at radius 3 is 2.38 bits per heavy atom. The summed E-state index contributed by atoms with van der Waals surface area (Å²) in [7, 11) is 1.42. The third kappa shape index (κ3) is 2.28. The van der Waals surface area contributed by atoms with Crippen LogP contribution in [0.1, 0.15) is 10.4 Å². The lowest BCUT2D eigenvalue weighted by atomic mass is 10.1. The van der Waals surface area contributed by atoms with Gasteiger partial charge in [-0.15, -0.1) is 6.42 Å². The highest BCUT2D eigenvalue weighted by Gasteiger charge is 2.17. The van der Waals surface area contributed by atoms with Crippen LogP contribution < -0.4 is 4.90 Å². The first kappa shape index (κ1) is 12.0. The summed E-state index contributed by atoms with van der Waals surface area (Å²) >= 11 is 0. The van der Waals surface area contributed by atoms with Gasteiger partial charge in [-0.3, -0.25) is 0 Å². The van der Waals surface area contributed by atoms with Gasteiger partial charge in [0.2, 0.25) is 0 Å². The minimum Gasteiger partial charge on any atom is -0.478 e. The smallest absolute Gasteiger partial charge is 0.335 e. The Morgan fingerprint density at radius 2 is 2.00 bits per heavy atom. The van der Waals surface area contributed by atoms with E-state index in [4.69, 9.17) is 11.5 Å². The van der Waals surface area contributed by atoms with E-state index in [2.05, 4.69) is 5.92 Å². The van der Waals surface area contributed by atoms with Crippen molar-refractivity contribution in [1.29, 1.82) is 0 Å². The number of hydrogen-bond acceptors (Lipinski definition) is 2. The molecule has 0 aliphatic heterocycles. The van der Waals surface area contributed by atoms with Crippen molar-refractivity contribution in [3.63, 3.8) is 0 Å². The molecule has 1 aromatic rings. The number of anilines is 1. The van der Waals surface area contributed by atoms with E-state index >= 15 is 0 Å². The van der Waals surface area contributed by atoms with Crippen molar-refractivity contribution >= 4 is 11.7 Å². The zero-order chi connectivity index (χ0) is 12.3. The van der Waals surface area contributed by atoms with Gasteiger partial charge in [-0.25, -0.2) is 13.6 Å². The van der Waals surface area contributed by atoms with E-state index < -0.39 is 23.2 Å². The summed E-state index contributed by atoms with van der Waals surface area (Å²) < 4.78 is 26.9. The van der Waals surface area contributed by atoms with Gasteiger partial charge in [-0.05, 0) is 12.1 Å². The van der Waals surface area contributed by atoms with E-state index in [0.29, 0.717) is 0 Å². The Balaban J connectivity index is 3.23. The molecule has 3 nitrogen and oxygen atoms in total. The van der Waals surface area contributed by atoms with Crippen LogP contribution in [-0.4, -0.2) is 24.7 Å². The number of carbonyl (C=O) groups is 1. The van der Waals surface area contributed by atoms with Gasteiger partial charge in [-0.2, -0.15) is 0 Å². The summed E-state index contributed by atoms with van der Waals surface area (Å²) in [5.74, 6) is -1.05. The molecule has 0 atom stereocenters. The molecule has 1 N–H and O–H groups in total. The number of aromatic carboxylic acids is 1. The molecule has 16 heavy (non-hydrogen) atoms. The van der Waals surface area contributed by atoms with Crippen LogP contribution >= 0.6 is 0 Å². The van der Waals surface area contributed by atoms with E-state index in [1.165, 1.54) is 11.9 Å². The molecule has 84 valence electrons. The summed E-state index contributed by atoms with van der Waals surface area (Å²) in [6.45, 7) is 0.0280. The number of terminal acetylenes is 1. The highest BCUT2D eigenvalue weighted by Crippen LogP contribution is 2.23. The quantitative estimate of drug-likeness (QED) is 0.796. The van der Waals surface area contributed by atoms with Gasteiger partial charge in [0.05, 0.1) is 12.1 Å². The lowest BCUT2D eigenvalue weighted by Crippen LogP contribution is -2.20. The summed E-state index contributed by atoms with van der Waals surface area (Å²) in [6, 6.07) is 1.52. The molecule has 0 heterocycles. The predicted octanol–water partition coefficient (Wildman–Crippen LogP) is 1.73. The Bertz CT molecular complexity index is 443. The fraction of sp³-hybridized carbons (Fsp3) is 0.182. The van der Waals surface area contributed by atoms with Crippen molar-refractivity contribution in [3.05, 3.63) is 29.3 Å². The highest BCUT2D eigenvalue weighted by molar-refractivity contribution is 5.88. The van der Waals surface area contributed by atoms with Crippen LogP contribution in [0, 0.1) is 24.0 Å². The molecule has 0 aromatic heterocycles. The molecule has 0 amide bonds. The van der Waals surface area contributed by atoms with Gasteiger partial charge in [0.1, 0.15) is 17.3 Å². The van der Waals surface area contributed by atoms with Crippen LogP contribution in [0.4, 0.5) is 14.5 Å². The van der Waals surface area contributed by atoms with Crippen molar-refractivity contribution in [1.82, 2.24) is 0 Å². The maximum Gasteiger partial charge on any atom is 0.335 e. The second-order valence-corrected chi connectivity index (χ2v) is 3.15.